The lowest BCUT2D eigenvalue weighted by Gasteiger charge is -2.37. The highest BCUT2D eigenvalue weighted by molar-refractivity contribution is 5.79. The van der Waals surface area contributed by atoms with Gasteiger partial charge in [0.1, 0.15) is 5.78 Å². The number of Topliss-reactive ketones (excluding diaryl/α,β-unsaturated/α-hetero) is 1. The first-order chi connectivity index (χ1) is 9.69. The van der Waals surface area contributed by atoms with Crippen molar-refractivity contribution in [2.75, 3.05) is 0 Å². The van der Waals surface area contributed by atoms with Crippen molar-refractivity contribution < 1.29 is 4.79 Å². The lowest BCUT2D eigenvalue weighted by atomic mass is 9.68. The van der Waals surface area contributed by atoms with Crippen LogP contribution in [0.5, 0.6) is 0 Å². The third kappa shape index (κ3) is 5.42. The Morgan fingerprint density at radius 2 is 1.10 bits per heavy atom. The standard InChI is InChI=1S/C10H18O.C10H20/c1-8(2)10(3)6-4-9(11)5-7-10;1-9(2)10(3)7-5-4-6-8-10/h8H,4-7H2,1-3H3;9H,4-8H2,1-3H3. The first kappa shape index (κ1) is 18.7. The summed E-state index contributed by atoms with van der Waals surface area (Å²) in [6.45, 7) is 14.0. The van der Waals surface area contributed by atoms with Crippen LogP contribution in [0, 0.1) is 22.7 Å². The molecule has 2 saturated carbocycles. The summed E-state index contributed by atoms with van der Waals surface area (Å²) in [5.41, 5.74) is 1.12. The van der Waals surface area contributed by atoms with Crippen molar-refractivity contribution in [1.29, 1.82) is 0 Å². The van der Waals surface area contributed by atoms with Gasteiger partial charge in [-0.25, -0.2) is 0 Å². The highest BCUT2D eigenvalue weighted by atomic mass is 16.1. The van der Waals surface area contributed by atoms with E-state index >= 15 is 0 Å². The van der Waals surface area contributed by atoms with E-state index < -0.39 is 0 Å². The van der Waals surface area contributed by atoms with Crippen LogP contribution in [0.4, 0.5) is 0 Å². The smallest absolute Gasteiger partial charge is 0.132 e. The normalized spacial score (nSPS) is 24.7. The number of ketones is 1. The second kappa shape index (κ2) is 7.79. The Labute approximate surface area is 133 Å². The molecule has 0 aromatic carbocycles. The third-order valence-electron chi connectivity index (χ3n) is 6.73. The van der Waals surface area contributed by atoms with E-state index in [9.17, 15) is 4.79 Å². The molecular formula is C20H38O. The van der Waals surface area contributed by atoms with Crippen LogP contribution in [0.15, 0.2) is 0 Å². The second-order valence-electron chi connectivity index (χ2n) is 8.72. The van der Waals surface area contributed by atoms with E-state index in [2.05, 4.69) is 41.5 Å². The molecule has 2 aliphatic rings. The maximum Gasteiger partial charge on any atom is 0.132 e. The SMILES string of the molecule is CC(C)C1(C)CCC(=O)CC1.CC(C)C1(C)CCCCC1. The summed E-state index contributed by atoms with van der Waals surface area (Å²) in [6.07, 6.45) is 11.2. The van der Waals surface area contributed by atoms with Gasteiger partial charge in [-0.1, -0.05) is 60.8 Å². The van der Waals surface area contributed by atoms with E-state index in [1.165, 1.54) is 32.1 Å². The fourth-order valence-electron chi connectivity index (χ4n) is 3.61. The zero-order chi connectivity index (χ0) is 16.1. The topological polar surface area (TPSA) is 17.1 Å². The molecule has 0 aromatic heterocycles. The zero-order valence-corrected chi connectivity index (χ0v) is 15.4. The molecular weight excluding hydrogens is 256 g/mol. The molecule has 0 heterocycles. The molecule has 2 rings (SSSR count). The van der Waals surface area contributed by atoms with Crippen LogP contribution in [-0.4, -0.2) is 5.78 Å². The summed E-state index contributed by atoms with van der Waals surface area (Å²) >= 11 is 0. The summed E-state index contributed by atoms with van der Waals surface area (Å²) in [5.74, 6) is 2.06. The first-order valence-corrected chi connectivity index (χ1v) is 9.21. The summed E-state index contributed by atoms with van der Waals surface area (Å²) in [5, 5.41) is 0. The molecule has 0 amide bonds. The summed E-state index contributed by atoms with van der Waals surface area (Å²) in [4.78, 5) is 11.0. The molecule has 0 spiro atoms. The Bertz CT molecular complexity index is 311. The number of carbonyl (C=O) groups excluding carboxylic acids is 1. The van der Waals surface area contributed by atoms with Gasteiger partial charge in [-0.3, -0.25) is 4.79 Å². The number of hydrogen-bond donors (Lipinski definition) is 0. The maximum absolute atomic E-state index is 11.0. The van der Waals surface area contributed by atoms with E-state index in [4.69, 9.17) is 0 Å². The first-order valence-electron chi connectivity index (χ1n) is 9.21. The maximum atomic E-state index is 11.0. The quantitative estimate of drug-likeness (QED) is 0.575. The molecule has 0 atom stereocenters. The molecule has 0 N–H and O–H groups in total. The van der Waals surface area contributed by atoms with Gasteiger partial charge in [0.2, 0.25) is 0 Å². The molecule has 0 aromatic rings. The fourth-order valence-corrected chi connectivity index (χ4v) is 3.61. The number of carbonyl (C=O) groups is 1. The van der Waals surface area contributed by atoms with Crippen LogP contribution in [0.25, 0.3) is 0 Å². The van der Waals surface area contributed by atoms with Crippen LogP contribution in [-0.2, 0) is 4.79 Å². The minimum absolute atomic E-state index is 0.438. The van der Waals surface area contributed by atoms with Crippen molar-refractivity contribution in [1.82, 2.24) is 0 Å². The van der Waals surface area contributed by atoms with Gasteiger partial charge in [-0.2, -0.15) is 0 Å². The van der Waals surface area contributed by atoms with Gasteiger partial charge in [0, 0.05) is 12.8 Å². The van der Waals surface area contributed by atoms with Crippen LogP contribution in [0.3, 0.4) is 0 Å². The van der Waals surface area contributed by atoms with Gasteiger partial charge in [-0.05, 0) is 48.3 Å². The van der Waals surface area contributed by atoms with E-state index in [0.717, 1.165) is 37.5 Å². The largest absolute Gasteiger partial charge is 0.300 e. The molecule has 0 saturated heterocycles. The van der Waals surface area contributed by atoms with Crippen LogP contribution >= 0.6 is 0 Å². The fraction of sp³-hybridized carbons (Fsp3) is 0.950. The minimum atomic E-state index is 0.438. The van der Waals surface area contributed by atoms with E-state index in [1.807, 2.05) is 0 Å². The Kier molecular flexibility index (Phi) is 6.94. The van der Waals surface area contributed by atoms with Crippen LogP contribution in [0.1, 0.15) is 99.3 Å². The molecule has 0 bridgehead atoms. The second-order valence-corrected chi connectivity index (χ2v) is 8.72. The molecule has 0 unspecified atom stereocenters. The number of hydrogen-bond acceptors (Lipinski definition) is 1. The average Bonchev–Trinajstić information content (AvgIpc) is 2.43. The molecule has 21 heavy (non-hydrogen) atoms. The zero-order valence-electron chi connectivity index (χ0n) is 15.4. The summed E-state index contributed by atoms with van der Waals surface area (Å²) in [7, 11) is 0. The predicted octanol–water partition coefficient (Wildman–Crippen LogP) is 6.40. The summed E-state index contributed by atoms with van der Waals surface area (Å²) < 4.78 is 0. The molecule has 2 fully saturated rings. The van der Waals surface area contributed by atoms with Gasteiger partial charge >= 0.3 is 0 Å². The average molecular weight is 295 g/mol. The third-order valence-corrected chi connectivity index (χ3v) is 6.73. The lowest BCUT2D eigenvalue weighted by molar-refractivity contribution is -0.122. The lowest BCUT2D eigenvalue weighted by Crippen LogP contribution is -2.29. The number of rotatable bonds is 2. The highest BCUT2D eigenvalue weighted by Gasteiger charge is 2.32. The minimum Gasteiger partial charge on any atom is -0.300 e. The van der Waals surface area contributed by atoms with Gasteiger partial charge in [-0.15, -0.1) is 0 Å². The predicted molar refractivity (Wildman–Crippen MR) is 92.5 cm³/mol. The van der Waals surface area contributed by atoms with Crippen LogP contribution < -0.4 is 0 Å². The highest BCUT2D eigenvalue weighted by Crippen LogP contribution is 2.42. The van der Waals surface area contributed by atoms with Crippen molar-refractivity contribution in [3.05, 3.63) is 0 Å². The van der Waals surface area contributed by atoms with Gasteiger partial charge in [0.15, 0.2) is 0 Å². The Hall–Kier alpha value is -0.330. The van der Waals surface area contributed by atoms with E-state index in [-0.39, 0.29) is 0 Å². The molecule has 1 nitrogen and oxygen atoms in total. The van der Waals surface area contributed by atoms with Crippen molar-refractivity contribution >= 4 is 5.78 Å². The molecule has 2 aliphatic carbocycles. The molecule has 0 radical (unpaired) electrons. The summed E-state index contributed by atoms with van der Waals surface area (Å²) in [6, 6.07) is 0. The monoisotopic (exact) mass is 294 g/mol. The Balaban J connectivity index is 0.000000211. The van der Waals surface area contributed by atoms with Crippen molar-refractivity contribution in [3.63, 3.8) is 0 Å². The van der Waals surface area contributed by atoms with Crippen LogP contribution in [0.2, 0.25) is 0 Å². The molecule has 124 valence electrons. The van der Waals surface area contributed by atoms with Gasteiger partial charge in [0.05, 0.1) is 0 Å². The molecule has 1 heteroatoms. The van der Waals surface area contributed by atoms with Gasteiger partial charge in [0.25, 0.3) is 0 Å². The van der Waals surface area contributed by atoms with Crippen molar-refractivity contribution in [2.24, 2.45) is 22.7 Å². The Morgan fingerprint density at radius 1 is 0.714 bits per heavy atom. The Morgan fingerprint density at radius 3 is 1.43 bits per heavy atom. The van der Waals surface area contributed by atoms with Crippen molar-refractivity contribution in [2.45, 2.75) is 99.3 Å². The van der Waals surface area contributed by atoms with Gasteiger partial charge < -0.3 is 0 Å². The molecule has 0 aliphatic heterocycles. The van der Waals surface area contributed by atoms with Crippen molar-refractivity contribution in [3.8, 4) is 0 Å². The van der Waals surface area contributed by atoms with E-state index in [1.54, 1.807) is 0 Å². The van der Waals surface area contributed by atoms with E-state index in [0.29, 0.717) is 16.6 Å².